The lowest BCUT2D eigenvalue weighted by Crippen LogP contribution is -2.53. The maximum Gasteiger partial charge on any atom is 0.317 e. The third kappa shape index (κ3) is 3.75. The van der Waals surface area contributed by atoms with Crippen LogP contribution in [0.25, 0.3) is 11.0 Å². The Morgan fingerprint density at radius 1 is 1.33 bits per heavy atom. The van der Waals surface area contributed by atoms with Crippen LogP contribution in [-0.2, 0) is 9.53 Å². The number of benzene rings is 1. The van der Waals surface area contributed by atoms with E-state index in [2.05, 4.69) is 15.3 Å². The quantitative estimate of drug-likeness (QED) is 0.797. The molecule has 1 aromatic heterocycles. The third-order valence-electron chi connectivity index (χ3n) is 5.37. The number of urea groups is 1. The summed E-state index contributed by atoms with van der Waals surface area (Å²) in [6.07, 6.45) is 0.492. The molecule has 0 spiro atoms. The Morgan fingerprint density at radius 3 is 2.93 bits per heavy atom. The van der Waals surface area contributed by atoms with Gasteiger partial charge in [0.25, 0.3) is 0 Å². The number of likely N-dealkylation sites (tertiary alicyclic amines) is 2. The van der Waals surface area contributed by atoms with Crippen LogP contribution in [0.2, 0.25) is 0 Å². The highest BCUT2D eigenvalue weighted by Crippen LogP contribution is 2.26. The van der Waals surface area contributed by atoms with Gasteiger partial charge in [0, 0.05) is 52.2 Å². The smallest absolute Gasteiger partial charge is 0.317 e. The van der Waals surface area contributed by atoms with Crippen LogP contribution in [0.5, 0.6) is 0 Å². The predicted molar refractivity (Wildman–Crippen MR) is 100 cm³/mol. The van der Waals surface area contributed by atoms with E-state index < -0.39 is 0 Å². The van der Waals surface area contributed by atoms with Gasteiger partial charge in [-0.15, -0.1) is 0 Å². The van der Waals surface area contributed by atoms with Crippen molar-refractivity contribution in [3.05, 3.63) is 30.1 Å². The van der Waals surface area contributed by atoms with Crippen molar-refractivity contribution < 1.29 is 14.3 Å². The van der Waals surface area contributed by atoms with Gasteiger partial charge in [0.1, 0.15) is 5.82 Å². The fourth-order valence-corrected chi connectivity index (χ4v) is 3.73. The van der Waals surface area contributed by atoms with Gasteiger partial charge < -0.3 is 24.8 Å². The molecular weight excluding hydrogens is 346 g/mol. The molecule has 8 nitrogen and oxygen atoms in total. The second-order valence-corrected chi connectivity index (χ2v) is 7.33. The minimum absolute atomic E-state index is 0.0647. The zero-order chi connectivity index (χ0) is 18.8. The molecule has 2 aliphatic heterocycles. The minimum Gasteiger partial charge on any atom is -0.383 e. The molecule has 3 heterocycles. The number of carbonyl (C=O) groups excluding carboxylic acids is 2. The number of aromatic amines is 1. The Labute approximate surface area is 157 Å². The second-order valence-electron chi connectivity index (χ2n) is 7.33. The molecule has 27 heavy (non-hydrogen) atoms. The van der Waals surface area contributed by atoms with E-state index in [1.165, 1.54) is 0 Å². The van der Waals surface area contributed by atoms with Crippen LogP contribution in [0.4, 0.5) is 4.79 Å². The number of amides is 3. The van der Waals surface area contributed by atoms with E-state index in [4.69, 9.17) is 4.74 Å². The molecular formula is C19H25N5O3. The molecule has 0 saturated carbocycles. The number of rotatable bonds is 6. The van der Waals surface area contributed by atoms with Crippen LogP contribution in [0.1, 0.15) is 18.2 Å². The Hall–Kier alpha value is -2.61. The molecule has 1 atom stereocenters. The molecule has 2 aromatic rings. The number of hydrogen-bond donors (Lipinski definition) is 2. The van der Waals surface area contributed by atoms with Gasteiger partial charge in [-0.2, -0.15) is 0 Å². The maximum absolute atomic E-state index is 12.3. The summed E-state index contributed by atoms with van der Waals surface area (Å²) in [7, 11) is 1.63. The molecule has 0 radical (unpaired) electrons. The van der Waals surface area contributed by atoms with Crippen molar-refractivity contribution in [1.82, 2.24) is 25.1 Å². The van der Waals surface area contributed by atoms with E-state index in [1.54, 1.807) is 12.0 Å². The van der Waals surface area contributed by atoms with Crippen molar-refractivity contribution in [2.24, 2.45) is 5.92 Å². The van der Waals surface area contributed by atoms with Crippen LogP contribution < -0.4 is 5.32 Å². The fourth-order valence-electron chi connectivity index (χ4n) is 3.73. The summed E-state index contributed by atoms with van der Waals surface area (Å²) in [5.74, 6) is 1.50. The molecule has 0 bridgehead atoms. The van der Waals surface area contributed by atoms with Crippen molar-refractivity contribution in [1.29, 1.82) is 0 Å². The summed E-state index contributed by atoms with van der Waals surface area (Å²) < 4.78 is 5.03. The van der Waals surface area contributed by atoms with E-state index in [9.17, 15) is 9.59 Å². The first-order valence-corrected chi connectivity index (χ1v) is 9.38. The van der Waals surface area contributed by atoms with Crippen molar-refractivity contribution in [2.75, 3.05) is 46.4 Å². The van der Waals surface area contributed by atoms with Gasteiger partial charge in [0.15, 0.2) is 0 Å². The number of imidazole rings is 1. The number of nitrogens with zero attached hydrogens (tertiary/aromatic N) is 3. The topological polar surface area (TPSA) is 90.6 Å². The molecule has 8 heteroatoms. The number of hydrogen-bond acceptors (Lipinski definition) is 4. The number of ether oxygens (including phenoxy) is 1. The van der Waals surface area contributed by atoms with Crippen LogP contribution in [0.15, 0.2) is 24.3 Å². The molecule has 4 rings (SSSR count). The molecule has 144 valence electrons. The van der Waals surface area contributed by atoms with E-state index >= 15 is 0 Å². The highest BCUT2D eigenvalue weighted by molar-refractivity contribution is 5.79. The molecule has 2 N–H and O–H groups in total. The number of nitrogens with one attached hydrogen (secondary N) is 2. The molecule has 0 unspecified atom stereocenters. The number of aromatic nitrogens is 2. The number of carbonyl (C=O) groups is 2. The van der Waals surface area contributed by atoms with E-state index in [0.717, 1.165) is 16.9 Å². The second kappa shape index (κ2) is 7.56. The van der Waals surface area contributed by atoms with E-state index in [-0.39, 0.29) is 23.8 Å². The number of fused-ring (bicyclic) bond motifs is 1. The Morgan fingerprint density at radius 2 is 2.15 bits per heavy atom. The lowest BCUT2D eigenvalue weighted by molar-refractivity contribution is -0.128. The van der Waals surface area contributed by atoms with Crippen molar-refractivity contribution in [3.8, 4) is 0 Å². The third-order valence-corrected chi connectivity index (χ3v) is 5.37. The predicted octanol–water partition coefficient (Wildman–Crippen LogP) is 1.17. The average Bonchev–Trinajstić information content (AvgIpc) is 3.20. The van der Waals surface area contributed by atoms with Gasteiger partial charge in [-0.05, 0) is 12.1 Å². The summed E-state index contributed by atoms with van der Waals surface area (Å²) in [5, 5.41) is 2.97. The first kappa shape index (κ1) is 17.8. The number of methoxy groups -OCH3 is 1. The molecule has 2 fully saturated rings. The van der Waals surface area contributed by atoms with Gasteiger partial charge in [0.2, 0.25) is 5.91 Å². The van der Waals surface area contributed by atoms with Crippen molar-refractivity contribution >= 4 is 23.0 Å². The van der Waals surface area contributed by atoms with Crippen molar-refractivity contribution in [2.45, 2.75) is 12.3 Å². The summed E-state index contributed by atoms with van der Waals surface area (Å²) >= 11 is 0. The van der Waals surface area contributed by atoms with Crippen LogP contribution >= 0.6 is 0 Å². The zero-order valence-electron chi connectivity index (χ0n) is 15.5. The normalized spacial score (nSPS) is 20.3. The number of H-pyrrole nitrogens is 1. The zero-order valence-corrected chi connectivity index (χ0v) is 15.5. The Balaban J connectivity index is 1.22. The van der Waals surface area contributed by atoms with Crippen molar-refractivity contribution in [3.63, 3.8) is 0 Å². The molecule has 2 saturated heterocycles. The summed E-state index contributed by atoms with van der Waals surface area (Å²) in [6, 6.07) is 7.88. The van der Waals surface area contributed by atoms with Gasteiger partial charge in [-0.3, -0.25) is 4.79 Å². The number of para-hydroxylation sites is 2. The lowest BCUT2D eigenvalue weighted by atomic mass is 10.00. The lowest BCUT2D eigenvalue weighted by Gasteiger charge is -2.38. The van der Waals surface area contributed by atoms with Gasteiger partial charge >= 0.3 is 6.03 Å². The first-order valence-electron chi connectivity index (χ1n) is 9.38. The molecule has 0 aliphatic carbocycles. The average molecular weight is 371 g/mol. The highest BCUT2D eigenvalue weighted by Gasteiger charge is 2.35. The largest absolute Gasteiger partial charge is 0.383 e. The van der Waals surface area contributed by atoms with Gasteiger partial charge in [-0.25, -0.2) is 9.78 Å². The molecule has 1 aromatic carbocycles. The van der Waals surface area contributed by atoms with E-state index in [0.29, 0.717) is 45.8 Å². The van der Waals surface area contributed by atoms with Gasteiger partial charge in [-0.1, -0.05) is 12.1 Å². The summed E-state index contributed by atoms with van der Waals surface area (Å²) in [4.78, 5) is 35.8. The Kier molecular flexibility index (Phi) is 4.98. The summed E-state index contributed by atoms with van der Waals surface area (Å²) in [6.45, 7) is 3.70. The van der Waals surface area contributed by atoms with Crippen LogP contribution in [0, 0.1) is 5.92 Å². The maximum atomic E-state index is 12.3. The molecule has 2 aliphatic rings. The SMILES string of the molecule is COCCN1C[C@H](CNC(=O)N2CC(c3nc4ccccc4[nH]3)C2)CC1=O. The van der Waals surface area contributed by atoms with Gasteiger partial charge in [0.05, 0.1) is 23.6 Å². The van der Waals surface area contributed by atoms with Crippen LogP contribution in [0.3, 0.4) is 0 Å². The summed E-state index contributed by atoms with van der Waals surface area (Å²) in [5.41, 5.74) is 1.98. The Bertz CT molecular complexity index is 797. The standard InChI is InChI=1S/C19H25N5O3/c1-27-7-6-23-10-13(8-17(23)25)9-20-19(26)24-11-14(12-24)18-21-15-4-2-3-5-16(15)22-18/h2-5,13-14H,6-12H2,1H3,(H,20,26)(H,21,22)/t13-/m0/s1. The first-order chi connectivity index (χ1) is 13.1. The van der Waals surface area contributed by atoms with Crippen LogP contribution in [-0.4, -0.2) is 78.1 Å². The minimum atomic E-state index is -0.0647. The van der Waals surface area contributed by atoms with E-state index in [1.807, 2.05) is 29.2 Å². The highest BCUT2D eigenvalue weighted by atomic mass is 16.5. The monoisotopic (exact) mass is 371 g/mol. The molecule has 3 amide bonds. The fraction of sp³-hybridized carbons (Fsp3) is 0.526.